The molecule has 0 radical (unpaired) electrons. The lowest BCUT2D eigenvalue weighted by molar-refractivity contribution is 0.228. The highest BCUT2D eigenvalue weighted by molar-refractivity contribution is 7.99. The van der Waals surface area contributed by atoms with Gasteiger partial charge in [0.2, 0.25) is 0 Å². The fourth-order valence-electron chi connectivity index (χ4n) is 3.27. The number of nitrogens with one attached hydrogen (secondary N) is 1. The van der Waals surface area contributed by atoms with Crippen LogP contribution in [0.5, 0.6) is 0 Å². The van der Waals surface area contributed by atoms with Crippen molar-refractivity contribution in [1.29, 1.82) is 0 Å². The molecule has 0 aromatic heterocycles. The molecule has 3 rings (SSSR count). The van der Waals surface area contributed by atoms with E-state index < -0.39 is 0 Å². The number of hydrogen-bond acceptors (Lipinski definition) is 3. The number of halogens is 1. The van der Waals surface area contributed by atoms with E-state index in [1.165, 1.54) is 56.8 Å². The van der Waals surface area contributed by atoms with E-state index in [4.69, 9.17) is 0 Å². The second kappa shape index (κ2) is 5.94. The molecule has 0 spiro atoms. The highest BCUT2D eigenvalue weighted by atomic mass is 35.5. The van der Waals surface area contributed by atoms with Gasteiger partial charge in [-0.05, 0) is 49.7 Å². The van der Waals surface area contributed by atoms with E-state index in [1.807, 2.05) is 0 Å². The summed E-state index contributed by atoms with van der Waals surface area (Å²) in [5, 5.41) is 3.76. The van der Waals surface area contributed by atoms with E-state index in [0.29, 0.717) is 0 Å². The van der Waals surface area contributed by atoms with E-state index >= 15 is 0 Å². The third-order valence-corrected chi connectivity index (χ3v) is 5.38. The van der Waals surface area contributed by atoms with Crippen molar-refractivity contribution in [2.24, 2.45) is 5.92 Å². The molecule has 3 saturated heterocycles. The summed E-state index contributed by atoms with van der Waals surface area (Å²) in [6.45, 7) is 4.03. The van der Waals surface area contributed by atoms with Crippen molar-refractivity contribution >= 4 is 24.2 Å². The van der Waals surface area contributed by atoms with E-state index in [0.717, 1.165) is 18.0 Å². The largest absolute Gasteiger partial charge is 0.310 e. The Kier molecular flexibility index (Phi) is 4.83. The number of hydrogen-bond donors (Lipinski definition) is 1. The molecule has 3 fully saturated rings. The number of nitrogens with zero attached hydrogens (tertiary/aromatic N) is 1. The van der Waals surface area contributed by atoms with Gasteiger partial charge in [-0.3, -0.25) is 0 Å². The Morgan fingerprint density at radius 2 is 2.00 bits per heavy atom. The maximum absolute atomic E-state index is 3.76. The van der Waals surface area contributed by atoms with Gasteiger partial charge in [-0.15, -0.1) is 12.4 Å². The molecule has 0 aromatic rings. The molecule has 94 valence electrons. The normalized spacial score (nSPS) is 39.4. The van der Waals surface area contributed by atoms with Gasteiger partial charge in [0, 0.05) is 25.2 Å². The number of likely N-dealkylation sites (tertiary alicyclic amines) is 1. The number of rotatable bonds is 2. The summed E-state index contributed by atoms with van der Waals surface area (Å²) >= 11 is 2.15. The van der Waals surface area contributed by atoms with Crippen molar-refractivity contribution in [1.82, 2.24) is 10.2 Å². The lowest BCUT2D eigenvalue weighted by Gasteiger charge is -2.26. The summed E-state index contributed by atoms with van der Waals surface area (Å²) in [5.74, 6) is 3.81. The number of thioether (sulfide) groups is 1. The van der Waals surface area contributed by atoms with Crippen molar-refractivity contribution in [3.63, 3.8) is 0 Å². The van der Waals surface area contributed by atoms with E-state index in [2.05, 4.69) is 22.0 Å². The summed E-state index contributed by atoms with van der Waals surface area (Å²) in [5.41, 5.74) is 0. The third kappa shape index (κ3) is 3.06. The van der Waals surface area contributed by atoms with E-state index in [-0.39, 0.29) is 12.4 Å². The van der Waals surface area contributed by atoms with Crippen LogP contribution in [0.25, 0.3) is 0 Å². The maximum Gasteiger partial charge on any atom is 0.0198 e. The highest BCUT2D eigenvalue weighted by Gasteiger charge is 2.30. The smallest absolute Gasteiger partial charge is 0.0198 e. The summed E-state index contributed by atoms with van der Waals surface area (Å²) in [6, 6.07) is 1.66. The first-order chi connectivity index (χ1) is 7.40. The Morgan fingerprint density at radius 1 is 1.12 bits per heavy atom. The van der Waals surface area contributed by atoms with Crippen LogP contribution in [-0.2, 0) is 0 Å². The highest BCUT2D eigenvalue weighted by Crippen LogP contribution is 2.26. The molecule has 2 nitrogen and oxygen atoms in total. The molecule has 0 saturated carbocycles. The molecule has 3 aliphatic rings. The molecule has 0 aliphatic carbocycles. The van der Waals surface area contributed by atoms with E-state index in [9.17, 15) is 0 Å². The van der Waals surface area contributed by atoms with Crippen molar-refractivity contribution < 1.29 is 0 Å². The van der Waals surface area contributed by atoms with Crippen molar-refractivity contribution in [3.05, 3.63) is 0 Å². The van der Waals surface area contributed by atoms with Gasteiger partial charge in [0.05, 0.1) is 0 Å². The van der Waals surface area contributed by atoms with Crippen LogP contribution in [0.4, 0.5) is 0 Å². The van der Waals surface area contributed by atoms with Crippen LogP contribution in [0.1, 0.15) is 25.7 Å². The van der Waals surface area contributed by atoms with Crippen LogP contribution in [0, 0.1) is 5.92 Å². The van der Waals surface area contributed by atoms with Crippen molar-refractivity contribution in [2.45, 2.75) is 37.8 Å². The lowest BCUT2D eigenvalue weighted by Crippen LogP contribution is -2.37. The van der Waals surface area contributed by atoms with Gasteiger partial charge in [-0.25, -0.2) is 0 Å². The Morgan fingerprint density at radius 3 is 2.81 bits per heavy atom. The molecule has 16 heavy (non-hydrogen) atoms. The molecule has 0 aromatic carbocycles. The van der Waals surface area contributed by atoms with Gasteiger partial charge in [-0.1, -0.05) is 0 Å². The SMILES string of the molecule is C1CC(CN2CCC3CCC(C2)N3)CS1.Cl. The lowest BCUT2D eigenvalue weighted by atomic mass is 10.1. The summed E-state index contributed by atoms with van der Waals surface area (Å²) in [6.07, 6.45) is 5.69. The fraction of sp³-hybridized carbons (Fsp3) is 1.00. The zero-order valence-electron chi connectivity index (χ0n) is 9.86. The third-order valence-electron chi connectivity index (χ3n) is 4.15. The predicted molar refractivity (Wildman–Crippen MR) is 73.7 cm³/mol. The fourth-order valence-corrected chi connectivity index (χ4v) is 4.55. The Labute approximate surface area is 109 Å². The molecule has 3 atom stereocenters. The zero-order chi connectivity index (χ0) is 10.1. The van der Waals surface area contributed by atoms with Crippen LogP contribution in [0.3, 0.4) is 0 Å². The summed E-state index contributed by atoms with van der Waals surface area (Å²) in [4.78, 5) is 2.73. The standard InChI is InChI=1S/C12H22N2S.ClH/c1-2-12-8-14(5-3-11(1)13-12)7-10-4-6-15-9-10;/h10-13H,1-9H2;1H. The monoisotopic (exact) mass is 262 g/mol. The minimum atomic E-state index is 0. The maximum atomic E-state index is 3.76. The molecule has 0 amide bonds. The minimum absolute atomic E-state index is 0. The molecular formula is C12H23ClN2S. The number of fused-ring (bicyclic) bond motifs is 2. The zero-order valence-corrected chi connectivity index (χ0v) is 11.5. The summed E-state index contributed by atoms with van der Waals surface area (Å²) in [7, 11) is 0. The van der Waals surface area contributed by atoms with Gasteiger partial charge in [0.25, 0.3) is 0 Å². The van der Waals surface area contributed by atoms with Crippen LogP contribution >= 0.6 is 24.2 Å². The Bertz CT molecular complexity index is 221. The van der Waals surface area contributed by atoms with E-state index in [1.54, 1.807) is 0 Å². The topological polar surface area (TPSA) is 15.3 Å². The Hall–Kier alpha value is 0.560. The predicted octanol–water partition coefficient (Wildman–Crippen LogP) is 1.99. The summed E-state index contributed by atoms with van der Waals surface area (Å²) < 4.78 is 0. The minimum Gasteiger partial charge on any atom is -0.310 e. The Balaban J connectivity index is 0.000000963. The van der Waals surface area contributed by atoms with Gasteiger partial charge in [-0.2, -0.15) is 11.8 Å². The average molecular weight is 263 g/mol. The van der Waals surface area contributed by atoms with Crippen molar-refractivity contribution in [3.8, 4) is 0 Å². The van der Waals surface area contributed by atoms with Crippen LogP contribution in [-0.4, -0.2) is 48.1 Å². The molecular weight excluding hydrogens is 240 g/mol. The van der Waals surface area contributed by atoms with Crippen molar-refractivity contribution in [2.75, 3.05) is 31.1 Å². The van der Waals surface area contributed by atoms with Gasteiger partial charge in [0.1, 0.15) is 0 Å². The first kappa shape index (κ1) is 13.0. The molecule has 2 bridgehead atoms. The first-order valence-corrected chi connectivity index (χ1v) is 7.62. The van der Waals surface area contributed by atoms with Crippen LogP contribution < -0.4 is 5.32 Å². The molecule has 4 heteroatoms. The second-order valence-electron chi connectivity index (χ2n) is 5.42. The molecule has 1 N–H and O–H groups in total. The average Bonchev–Trinajstić information content (AvgIpc) is 2.80. The quantitative estimate of drug-likeness (QED) is 0.820. The second-order valence-corrected chi connectivity index (χ2v) is 6.57. The molecule has 3 heterocycles. The van der Waals surface area contributed by atoms with Crippen LogP contribution in [0.2, 0.25) is 0 Å². The van der Waals surface area contributed by atoms with Crippen LogP contribution in [0.15, 0.2) is 0 Å². The molecule has 3 unspecified atom stereocenters. The van der Waals surface area contributed by atoms with Gasteiger partial charge >= 0.3 is 0 Å². The molecule has 3 aliphatic heterocycles. The van der Waals surface area contributed by atoms with Gasteiger partial charge in [0.15, 0.2) is 0 Å². The van der Waals surface area contributed by atoms with Gasteiger partial charge < -0.3 is 10.2 Å². The first-order valence-electron chi connectivity index (χ1n) is 6.46.